The number of rotatable bonds is 3. The van der Waals surface area contributed by atoms with Crippen molar-refractivity contribution >= 4 is 5.91 Å². The summed E-state index contributed by atoms with van der Waals surface area (Å²) >= 11 is 0. The molecule has 1 saturated heterocycles. The molecule has 1 fully saturated rings. The zero-order chi connectivity index (χ0) is 16.4. The Labute approximate surface area is 137 Å². The predicted octanol–water partition coefficient (Wildman–Crippen LogP) is 2.93. The van der Waals surface area contributed by atoms with Crippen LogP contribution in [0.1, 0.15) is 53.4 Å². The van der Waals surface area contributed by atoms with Gasteiger partial charge in [0.25, 0.3) is 5.91 Å². The van der Waals surface area contributed by atoms with Gasteiger partial charge in [-0.2, -0.15) is 5.10 Å². The van der Waals surface area contributed by atoms with Crippen molar-refractivity contribution in [2.24, 2.45) is 0 Å². The Bertz CT molecular complexity index is 690. The smallest absolute Gasteiger partial charge is 0.253 e. The van der Waals surface area contributed by atoms with Crippen LogP contribution in [0.5, 0.6) is 0 Å². The van der Waals surface area contributed by atoms with Crippen LogP contribution < -0.4 is 0 Å². The molecule has 23 heavy (non-hydrogen) atoms. The van der Waals surface area contributed by atoms with Gasteiger partial charge in [-0.1, -0.05) is 19.1 Å². The topological polar surface area (TPSA) is 51.0 Å². The summed E-state index contributed by atoms with van der Waals surface area (Å²) in [6.45, 7) is 7.53. The van der Waals surface area contributed by atoms with Gasteiger partial charge in [0.05, 0.1) is 6.04 Å². The van der Waals surface area contributed by atoms with E-state index >= 15 is 0 Å². The van der Waals surface area contributed by atoms with Gasteiger partial charge in [-0.05, 0) is 50.8 Å². The Balaban J connectivity index is 1.74. The molecule has 0 N–H and O–H groups in total. The van der Waals surface area contributed by atoms with E-state index < -0.39 is 0 Å². The van der Waals surface area contributed by atoms with E-state index in [-0.39, 0.29) is 11.9 Å². The van der Waals surface area contributed by atoms with Gasteiger partial charge in [0.1, 0.15) is 11.6 Å². The van der Waals surface area contributed by atoms with E-state index in [1.54, 1.807) is 0 Å². The van der Waals surface area contributed by atoms with Crippen LogP contribution >= 0.6 is 0 Å². The van der Waals surface area contributed by atoms with Crippen LogP contribution in [0.3, 0.4) is 0 Å². The van der Waals surface area contributed by atoms with Crippen molar-refractivity contribution < 1.29 is 4.79 Å². The van der Waals surface area contributed by atoms with Crippen LogP contribution in [-0.4, -0.2) is 38.7 Å². The molecule has 1 aliphatic heterocycles. The van der Waals surface area contributed by atoms with Crippen molar-refractivity contribution in [2.75, 3.05) is 13.1 Å². The van der Waals surface area contributed by atoms with Crippen LogP contribution in [0, 0.1) is 13.8 Å². The minimum Gasteiger partial charge on any atom is -0.337 e. The van der Waals surface area contributed by atoms with Crippen molar-refractivity contribution in [3.05, 3.63) is 47.0 Å². The Morgan fingerprint density at radius 2 is 2.00 bits per heavy atom. The molecule has 0 spiro atoms. The van der Waals surface area contributed by atoms with Gasteiger partial charge in [0.2, 0.25) is 0 Å². The molecular weight excluding hydrogens is 288 g/mol. The summed E-state index contributed by atoms with van der Waals surface area (Å²) in [6.07, 6.45) is 3.04. The number of hydrogen-bond acceptors (Lipinski definition) is 3. The molecular formula is C18H24N4O. The lowest BCUT2D eigenvalue weighted by atomic mass is 10.0. The molecule has 0 aliphatic carbocycles. The Morgan fingerprint density at radius 1 is 1.26 bits per heavy atom. The molecule has 5 heteroatoms. The zero-order valence-corrected chi connectivity index (χ0v) is 14.1. The van der Waals surface area contributed by atoms with Gasteiger partial charge in [-0.3, -0.25) is 4.79 Å². The number of nitrogens with zero attached hydrogens (tertiary/aromatic N) is 4. The third-order valence-electron chi connectivity index (χ3n) is 4.55. The third-order valence-corrected chi connectivity index (χ3v) is 4.55. The van der Waals surface area contributed by atoms with E-state index in [1.165, 1.54) is 5.56 Å². The van der Waals surface area contributed by atoms with E-state index in [4.69, 9.17) is 0 Å². The molecule has 0 bridgehead atoms. The summed E-state index contributed by atoms with van der Waals surface area (Å²) < 4.78 is 1.98. The van der Waals surface area contributed by atoms with Gasteiger partial charge in [-0.25, -0.2) is 9.67 Å². The van der Waals surface area contributed by atoms with E-state index in [0.29, 0.717) is 6.54 Å². The summed E-state index contributed by atoms with van der Waals surface area (Å²) in [7, 11) is 0. The Hall–Kier alpha value is -2.17. The fourth-order valence-corrected chi connectivity index (χ4v) is 3.29. The first-order valence-corrected chi connectivity index (χ1v) is 8.36. The van der Waals surface area contributed by atoms with Crippen molar-refractivity contribution in [3.8, 4) is 0 Å². The predicted molar refractivity (Wildman–Crippen MR) is 89.5 cm³/mol. The SMILES string of the molecule is CCc1ccc(C(=O)N2CCC[C@@H](n3nc(C)nc3C)C2)cc1. The van der Waals surface area contributed by atoms with E-state index in [2.05, 4.69) is 17.0 Å². The quantitative estimate of drug-likeness (QED) is 0.875. The molecule has 5 nitrogen and oxygen atoms in total. The molecule has 0 unspecified atom stereocenters. The first-order chi connectivity index (χ1) is 11.1. The fourth-order valence-electron chi connectivity index (χ4n) is 3.29. The standard InChI is InChI=1S/C18H24N4O/c1-4-15-7-9-16(10-8-15)18(23)21-11-5-6-17(12-21)22-14(3)19-13(2)20-22/h7-10,17H,4-6,11-12H2,1-3H3/t17-/m1/s1. The molecule has 3 rings (SSSR count). The van der Waals surface area contributed by atoms with Crippen LogP contribution in [0.2, 0.25) is 0 Å². The third kappa shape index (κ3) is 3.28. The lowest BCUT2D eigenvalue weighted by Crippen LogP contribution is -2.41. The number of carbonyl (C=O) groups is 1. The summed E-state index contributed by atoms with van der Waals surface area (Å²) in [4.78, 5) is 19.1. The number of likely N-dealkylation sites (tertiary alicyclic amines) is 1. The summed E-state index contributed by atoms with van der Waals surface area (Å²) in [5, 5.41) is 4.49. The molecule has 0 radical (unpaired) electrons. The van der Waals surface area contributed by atoms with Gasteiger partial charge in [0, 0.05) is 18.7 Å². The number of carbonyl (C=O) groups excluding carboxylic acids is 1. The van der Waals surface area contributed by atoms with Gasteiger partial charge in [0.15, 0.2) is 0 Å². The zero-order valence-electron chi connectivity index (χ0n) is 14.1. The maximum atomic E-state index is 12.7. The molecule has 2 heterocycles. The van der Waals surface area contributed by atoms with Crippen LogP contribution in [-0.2, 0) is 6.42 Å². The van der Waals surface area contributed by atoms with Crippen molar-refractivity contribution in [1.82, 2.24) is 19.7 Å². The minimum absolute atomic E-state index is 0.117. The molecule has 1 amide bonds. The second kappa shape index (κ2) is 6.52. The van der Waals surface area contributed by atoms with Crippen LogP contribution in [0.15, 0.2) is 24.3 Å². The summed E-state index contributed by atoms with van der Waals surface area (Å²) in [6, 6.07) is 8.19. The summed E-state index contributed by atoms with van der Waals surface area (Å²) in [5.74, 6) is 1.84. The molecule has 122 valence electrons. The van der Waals surface area contributed by atoms with Crippen LogP contribution in [0.4, 0.5) is 0 Å². The lowest BCUT2D eigenvalue weighted by Gasteiger charge is -2.33. The first-order valence-electron chi connectivity index (χ1n) is 8.36. The number of piperidine rings is 1. The molecule has 1 aromatic heterocycles. The van der Waals surface area contributed by atoms with Crippen molar-refractivity contribution in [2.45, 2.75) is 46.1 Å². The number of aryl methyl sites for hydroxylation is 3. The highest BCUT2D eigenvalue weighted by molar-refractivity contribution is 5.94. The highest BCUT2D eigenvalue weighted by Gasteiger charge is 2.27. The molecule has 1 aliphatic rings. The molecule has 2 aromatic rings. The number of amides is 1. The molecule has 0 saturated carbocycles. The number of benzene rings is 1. The normalized spacial score (nSPS) is 18.2. The van der Waals surface area contributed by atoms with Gasteiger partial charge in [-0.15, -0.1) is 0 Å². The average molecular weight is 312 g/mol. The monoisotopic (exact) mass is 312 g/mol. The highest BCUT2D eigenvalue weighted by Crippen LogP contribution is 2.23. The second-order valence-electron chi connectivity index (χ2n) is 6.25. The van der Waals surface area contributed by atoms with E-state index in [9.17, 15) is 4.79 Å². The molecule has 1 atom stereocenters. The second-order valence-corrected chi connectivity index (χ2v) is 6.25. The van der Waals surface area contributed by atoms with Gasteiger partial charge < -0.3 is 4.90 Å². The highest BCUT2D eigenvalue weighted by atomic mass is 16.2. The Morgan fingerprint density at radius 3 is 2.61 bits per heavy atom. The number of hydrogen-bond donors (Lipinski definition) is 0. The largest absolute Gasteiger partial charge is 0.337 e. The van der Waals surface area contributed by atoms with Crippen molar-refractivity contribution in [3.63, 3.8) is 0 Å². The maximum Gasteiger partial charge on any atom is 0.253 e. The lowest BCUT2D eigenvalue weighted by molar-refractivity contribution is 0.0671. The fraction of sp³-hybridized carbons (Fsp3) is 0.500. The van der Waals surface area contributed by atoms with Crippen LogP contribution in [0.25, 0.3) is 0 Å². The van der Waals surface area contributed by atoms with Crippen molar-refractivity contribution in [1.29, 1.82) is 0 Å². The Kier molecular flexibility index (Phi) is 4.46. The average Bonchev–Trinajstić information content (AvgIpc) is 2.93. The summed E-state index contributed by atoms with van der Waals surface area (Å²) in [5.41, 5.74) is 2.03. The van der Waals surface area contributed by atoms with E-state index in [1.807, 2.05) is 47.7 Å². The van der Waals surface area contributed by atoms with E-state index in [0.717, 1.165) is 43.0 Å². The first kappa shape index (κ1) is 15.7. The van der Waals surface area contributed by atoms with Gasteiger partial charge >= 0.3 is 0 Å². The minimum atomic E-state index is 0.117. The maximum absolute atomic E-state index is 12.7. The number of aromatic nitrogens is 3. The molecule has 1 aromatic carbocycles.